The number of aliphatic hydroxyl groups excluding tert-OH is 1. The lowest BCUT2D eigenvalue weighted by Gasteiger charge is -2.29. The van der Waals surface area contributed by atoms with Gasteiger partial charge in [-0.1, -0.05) is 12.1 Å². The molecule has 3 rings (SSSR count). The molecule has 0 saturated carbocycles. The monoisotopic (exact) mass is 325 g/mol. The van der Waals surface area contributed by atoms with Crippen molar-refractivity contribution in [1.82, 2.24) is 0 Å². The number of carbonyl (C=O) groups excluding carboxylic acids is 1. The molecule has 0 aromatic heterocycles. The molecule has 1 unspecified atom stereocenters. The second kappa shape index (κ2) is 6.25. The van der Waals surface area contributed by atoms with E-state index in [1.54, 1.807) is 49.4 Å². The van der Waals surface area contributed by atoms with Crippen molar-refractivity contribution >= 4 is 29.2 Å². The molecule has 24 heavy (non-hydrogen) atoms. The Kier molecular flexibility index (Phi) is 4.14. The van der Waals surface area contributed by atoms with Crippen molar-refractivity contribution in [2.24, 2.45) is 0 Å². The van der Waals surface area contributed by atoms with Gasteiger partial charge >= 0.3 is 6.03 Å². The van der Waals surface area contributed by atoms with E-state index in [1.165, 1.54) is 0 Å². The number of nitrogens with one attached hydrogen (secondary N) is 2. The number of amides is 2. The minimum atomic E-state index is -0.716. The van der Waals surface area contributed by atoms with Crippen molar-refractivity contribution in [3.63, 3.8) is 0 Å². The molecule has 0 fully saturated rings. The first-order valence-corrected chi connectivity index (χ1v) is 7.54. The molecule has 0 aliphatic carbocycles. The van der Waals surface area contributed by atoms with Gasteiger partial charge in [0.15, 0.2) is 0 Å². The number of ether oxygens (including phenoxy) is 1. The molecule has 0 radical (unpaired) electrons. The number of rotatable bonds is 3. The Bertz CT molecular complexity index is 804. The number of nitrogens with two attached hydrogens (primary N) is 1. The van der Waals surface area contributed by atoms with E-state index in [0.29, 0.717) is 22.8 Å². The average Bonchev–Trinajstić information content (AvgIpc) is 2.55. The smallest absolute Gasteiger partial charge is 0.323 e. The molecule has 2 amide bonds. The van der Waals surface area contributed by atoms with Gasteiger partial charge in [-0.05, 0) is 49.4 Å². The summed E-state index contributed by atoms with van der Waals surface area (Å²) in [6.07, 6.45) is 3.67. The first-order chi connectivity index (χ1) is 11.5. The topological polar surface area (TPSA) is 96.6 Å². The molecule has 2 aromatic rings. The second-order valence-corrected chi connectivity index (χ2v) is 5.86. The van der Waals surface area contributed by atoms with E-state index >= 15 is 0 Å². The Morgan fingerprint density at radius 3 is 2.67 bits per heavy atom. The van der Waals surface area contributed by atoms with Gasteiger partial charge in [0.2, 0.25) is 0 Å². The van der Waals surface area contributed by atoms with Crippen LogP contribution in [0.25, 0.3) is 6.08 Å². The Balaban J connectivity index is 1.70. The molecule has 1 heterocycles. The van der Waals surface area contributed by atoms with E-state index in [9.17, 15) is 9.90 Å². The summed E-state index contributed by atoms with van der Waals surface area (Å²) in [7, 11) is 0. The van der Waals surface area contributed by atoms with Crippen molar-refractivity contribution in [3.05, 3.63) is 54.1 Å². The van der Waals surface area contributed by atoms with Gasteiger partial charge in [0, 0.05) is 22.6 Å². The molecule has 1 atom stereocenters. The van der Waals surface area contributed by atoms with Crippen LogP contribution < -0.4 is 21.1 Å². The van der Waals surface area contributed by atoms with Crippen LogP contribution in [0.5, 0.6) is 5.75 Å². The normalized spacial score (nSPS) is 18.4. The molecule has 5 N–H and O–H groups in total. The lowest BCUT2D eigenvalue weighted by atomic mass is 10.0. The summed E-state index contributed by atoms with van der Waals surface area (Å²) in [6, 6.07) is 11.9. The van der Waals surface area contributed by atoms with E-state index in [-0.39, 0.29) is 12.6 Å². The standard InChI is InChI=1S/C18H19N3O3/c1-18(11-22)8-7-12-9-15(5-6-16(12)24-18)21-17(23)20-14-4-2-3-13(19)10-14/h2-10,22H,11,19H2,1H3,(H2,20,21,23). The molecule has 2 aromatic carbocycles. The van der Waals surface area contributed by atoms with E-state index in [1.807, 2.05) is 12.1 Å². The van der Waals surface area contributed by atoms with Gasteiger partial charge in [0.25, 0.3) is 0 Å². The number of anilines is 3. The Labute approximate surface area is 139 Å². The molecule has 1 aliphatic heterocycles. The van der Waals surface area contributed by atoms with E-state index in [2.05, 4.69) is 10.6 Å². The summed E-state index contributed by atoms with van der Waals surface area (Å²) in [5, 5.41) is 14.8. The van der Waals surface area contributed by atoms with Gasteiger partial charge in [-0.25, -0.2) is 4.79 Å². The van der Waals surface area contributed by atoms with Gasteiger partial charge in [-0.15, -0.1) is 0 Å². The number of benzene rings is 2. The number of nitrogen functional groups attached to an aromatic ring is 1. The first kappa shape index (κ1) is 15.9. The molecule has 6 nitrogen and oxygen atoms in total. The molecule has 0 bridgehead atoms. The lowest BCUT2D eigenvalue weighted by molar-refractivity contribution is 0.0641. The maximum absolute atomic E-state index is 12.1. The summed E-state index contributed by atoms with van der Waals surface area (Å²) in [4.78, 5) is 12.1. The zero-order valence-electron chi connectivity index (χ0n) is 13.2. The highest BCUT2D eigenvalue weighted by atomic mass is 16.5. The SMILES string of the molecule is CC1(CO)C=Cc2cc(NC(=O)Nc3cccc(N)c3)ccc2O1. The van der Waals surface area contributed by atoms with Gasteiger partial charge in [0.05, 0.1) is 6.61 Å². The average molecular weight is 325 g/mol. The summed E-state index contributed by atoms with van der Waals surface area (Å²) in [6.45, 7) is 1.70. The van der Waals surface area contributed by atoms with Crippen LogP contribution >= 0.6 is 0 Å². The van der Waals surface area contributed by atoms with Crippen LogP contribution in [-0.4, -0.2) is 23.3 Å². The van der Waals surface area contributed by atoms with Gasteiger partial charge in [-0.2, -0.15) is 0 Å². The van der Waals surface area contributed by atoms with E-state index in [4.69, 9.17) is 10.5 Å². The van der Waals surface area contributed by atoms with Crippen LogP contribution in [0.4, 0.5) is 21.9 Å². The third-order valence-electron chi connectivity index (χ3n) is 3.68. The molecule has 0 saturated heterocycles. The number of fused-ring (bicyclic) bond motifs is 1. The van der Waals surface area contributed by atoms with Crippen LogP contribution in [-0.2, 0) is 0 Å². The highest BCUT2D eigenvalue weighted by molar-refractivity contribution is 6.00. The van der Waals surface area contributed by atoms with Crippen LogP contribution in [0, 0.1) is 0 Å². The maximum Gasteiger partial charge on any atom is 0.323 e. The maximum atomic E-state index is 12.1. The van der Waals surface area contributed by atoms with E-state index < -0.39 is 5.60 Å². The lowest BCUT2D eigenvalue weighted by Crippen LogP contribution is -2.35. The van der Waals surface area contributed by atoms with Crippen LogP contribution in [0.15, 0.2) is 48.5 Å². The number of aliphatic hydroxyl groups is 1. The third kappa shape index (κ3) is 3.49. The molecule has 124 valence electrons. The highest BCUT2D eigenvalue weighted by Crippen LogP contribution is 2.32. The number of carbonyl (C=O) groups is 1. The summed E-state index contributed by atoms with van der Waals surface area (Å²) in [5.74, 6) is 0.663. The molecule has 6 heteroatoms. The summed E-state index contributed by atoms with van der Waals surface area (Å²) < 4.78 is 5.76. The number of urea groups is 1. The van der Waals surface area contributed by atoms with Crippen molar-refractivity contribution in [2.75, 3.05) is 23.0 Å². The van der Waals surface area contributed by atoms with Gasteiger partial charge < -0.3 is 26.2 Å². The second-order valence-electron chi connectivity index (χ2n) is 5.86. The zero-order chi connectivity index (χ0) is 17.2. The molecule has 1 aliphatic rings. The Hall–Kier alpha value is -2.99. The molecular weight excluding hydrogens is 306 g/mol. The largest absolute Gasteiger partial charge is 0.480 e. The summed E-state index contributed by atoms with van der Waals surface area (Å²) >= 11 is 0. The fourth-order valence-corrected chi connectivity index (χ4v) is 2.40. The van der Waals surface area contributed by atoms with Crippen LogP contribution in [0.2, 0.25) is 0 Å². The van der Waals surface area contributed by atoms with E-state index in [0.717, 1.165) is 5.56 Å². The van der Waals surface area contributed by atoms with Crippen molar-refractivity contribution < 1.29 is 14.6 Å². The van der Waals surface area contributed by atoms with Crippen molar-refractivity contribution in [1.29, 1.82) is 0 Å². The highest BCUT2D eigenvalue weighted by Gasteiger charge is 2.26. The Morgan fingerprint density at radius 1 is 1.21 bits per heavy atom. The zero-order valence-corrected chi connectivity index (χ0v) is 13.2. The minimum Gasteiger partial charge on any atom is -0.480 e. The van der Waals surface area contributed by atoms with Crippen LogP contribution in [0.1, 0.15) is 12.5 Å². The quantitative estimate of drug-likeness (QED) is 0.652. The van der Waals surface area contributed by atoms with Gasteiger partial charge in [-0.3, -0.25) is 0 Å². The predicted octanol–water partition coefficient (Wildman–Crippen LogP) is 3.07. The molecular formula is C18H19N3O3. The van der Waals surface area contributed by atoms with Gasteiger partial charge in [0.1, 0.15) is 11.4 Å². The number of hydrogen-bond donors (Lipinski definition) is 4. The third-order valence-corrected chi connectivity index (χ3v) is 3.68. The fraction of sp³-hybridized carbons (Fsp3) is 0.167. The number of hydrogen-bond acceptors (Lipinski definition) is 4. The minimum absolute atomic E-state index is 0.106. The first-order valence-electron chi connectivity index (χ1n) is 7.54. The Morgan fingerprint density at radius 2 is 1.96 bits per heavy atom. The summed E-state index contributed by atoms with van der Waals surface area (Å²) in [5.41, 5.74) is 7.64. The molecule has 0 spiro atoms. The van der Waals surface area contributed by atoms with Crippen LogP contribution in [0.3, 0.4) is 0 Å². The predicted molar refractivity (Wildman–Crippen MR) is 95.1 cm³/mol. The fourth-order valence-electron chi connectivity index (χ4n) is 2.40. The van der Waals surface area contributed by atoms with Crippen molar-refractivity contribution in [3.8, 4) is 5.75 Å². The van der Waals surface area contributed by atoms with Crippen molar-refractivity contribution in [2.45, 2.75) is 12.5 Å².